The molecular weight excluding hydrogens is 297 g/mol. The number of likely N-dealkylation sites (N-methyl/N-ethyl adjacent to an activating group) is 1. The van der Waals surface area contributed by atoms with Crippen molar-refractivity contribution in [3.63, 3.8) is 0 Å². The summed E-state index contributed by atoms with van der Waals surface area (Å²) in [6, 6.07) is 0. The van der Waals surface area contributed by atoms with E-state index in [-0.39, 0.29) is 24.0 Å². The Morgan fingerprint density at radius 3 is 2.50 bits per heavy atom. The molecule has 1 rings (SSSR count). The van der Waals surface area contributed by atoms with Gasteiger partial charge in [0, 0.05) is 18.7 Å². The van der Waals surface area contributed by atoms with Crippen LogP contribution in [0.15, 0.2) is 11.6 Å². The molecule has 6 heteroatoms. The summed E-state index contributed by atoms with van der Waals surface area (Å²) in [5.41, 5.74) is 10.7. The molecule has 1 atom stereocenters. The molecule has 4 N–H and O–H groups in total. The van der Waals surface area contributed by atoms with Crippen molar-refractivity contribution < 1.29 is 9.59 Å². The second-order valence-electron chi connectivity index (χ2n) is 3.26. The molecule has 0 saturated heterocycles. The lowest BCUT2D eigenvalue weighted by Gasteiger charge is -2.26. The van der Waals surface area contributed by atoms with Gasteiger partial charge in [-0.3, -0.25) is 9.59 Å². The quantitative estimate of drug-likeness (QED) is 0.645. The second kappa shape index (κ2) is 5.30. The largest absolute Gasteiger partial charge is 0.369 e. The van der Waals surface area contributed by atoms with Gasteiger partial charge in [-0.2, -0.15) is 0 Å². The Balaban J connectivity index is 0.00000169. The third-order valence-corrected chi connectivity index (χ3v) is 2.03. The Morgan fingerprint density at radius 2 is 2.07 bits per heavy atom. The molecule has 1 aliphatic rings. The van der Waals surface area contributed by atoms with Crippen LogP contribution in [0, 0.1) is 5.92 Å². The van der Waals surface area contributed by atoms with Crippen molar-refractivity contribution >= 4 is 35.8 Å². The lowest BCUT2D eigenvalue weighted by Crippen LogP contribution is -2.40. The molecule has 0 aliphatic carbocycles. The number of primary amides is 2. The van der Waals surface area contributed by atoms with E-state index in [0.29, 0.717) is 18.7 Å². The van der Waals surface area contributed by atoms with Gasteiger partial charge < -0.3 is 16.4 Å². The van der Waals surface area contributed by atoms with Crippen LogP contribution >= 0.6 is 24.0 Å². The van der Waals surface area contributed by atoms with Crippen LogP contribution in [-0.4, -0.2) is 36.9 Å². The van der Waals surface area contributed by atoms with Crippen molar-refractivity contribution in [2.45, 2.75) is 0 Å². The summed E-state index contributed by atoms with van der Waals surface area (Å²) in [6.07, 6.45) is 1.56. The van der Waals surface area contributed by atoms with Crippen molar-refractivity contribution in [2.24, 2.45) is 17.4 Å². The van der Waals surface area contributed by atoms with Gasteiger partial charge in [0.1, 0.15) is 0 Å². The molecule has 2 amide bonds. The van der Waals surface area contributed by atoms with Crippen molar-refractivity contribution in [1.82, 2.24) is 4.90 Å². The van der Waals surface area contributed by atoms with E-state index < -0.39 is 17.7 Å². The molecule has 0 saturated carbocycles. The minimum absolute atomic E-state index is 0. The molecule has 0 aromatic heterocycles. The van der Waals surface area contributed by atoms with Crippen LogP contribution < -0.4 is 11.5 Å². The smallest absolute Gasteiger partial charge is 0.245 e. The van der Waals surface area contributed by atoms with Crippen LogP contribution in [0.25, 0.3) is 0 Å². The van der Waals surface area contributed by atoms with Gasteiger partial charge in [0.25, 0.3) is 0 Å². The average Bonchev–Trinajstić information content (AvgIpc) is 2.03. The fourth-order valence-electron chi connectivity index (χ4n) is 1.37. The first-order valence-corrected chi connectivity index (χ1v) is 3.99. The Hall–Kier alpha value is -0.630. The molecule has 0 aromatic carbocycles. The van der Waals surface area contributed by atoms with E-state index in [0.717, 1.165) is 0 Å². The van der Waals surface area contributed by atoms with Crippen molar-refractivity contribution in [1.29, 1.82) is 0 Å². The normalized spacial score (nSPS) is 22.1. The predicted molar refractivity (Wildman–Crippen MR) is 62.9 cm³/mol. The van der Waals surface area contributed by atoms with Gasteiger partial charge in [0.2, 0.25) is 11.8 Å². The predicted octanol–water partition coefficient (Wildman–Crippen LogP) is -0.937. The molecule has 0 fully saturated rings. The van der Waals surface area contributed by atoms with Crippen LogP contribution in [0.1, 0.15) is 0 Å². The first-order valence-electron chi connectivity index (χ1n) is 3.99. The standard InChI is InChI=1S/C8H13N3O2.HI/c1-11-3-5(7(9)12)2-6(4-11)8(10)13;/h2,5H,3-4H2,1H3,(H2,9,12)(H2,10,13);1H. The number of rotatable bonds is 2. The number of hydrogen-bond acceptors (Lipinski definition) is 3. The zero-order valence-electron chi connectivity index (χ0n) is 7.90. The fraction of sp³-hybridized carbons (Fsp3) is 0.500. The number of carbonyl (C=O) groups excluding carboxylic acids is 2. The van der Waals surface area contributed by atoms with Crippen LogP contribution in [0.2, 0.25) is 0 Å². The molecule has 1 aliphatic heterocycles. The highest BCUT2D eigenvalue weighted by atomic mass is 127. The SMILES string of the molecule is CN1CC(C(N)=O)=CC(C(N)=O)C1.I. The summed E-state index contributed by atoms with van der Waals surface area (Å²) in [7, 11) is 1.81. The molecule has 5 nitrogen and oxygen atoms in total. The van der Waals surface area contributed by atoms with Gasteiger partial charge >= 0.3 is 0 Å². The molecule has 1 unspecified atom stereocenters. The number of nitrogens with zero attached hydrogens (tertiary/aromatic N) is 1. The van der Waals surface area contributed by atoms with E-state index >= 15 is 0 Å². The summed E-state index contributed by atoms with van der Waals surface area (Å²) in [5, 5.41) is 0. The highest BCUT2D eigenvalue weighted by molar-refractivity contribution is 14.0. The molecule has 1 heterocycles. The molecule has 0 aromatic rings. The monoisotopic (exact) mass is 311 g/mol. The Labute approximate surface area is 99.5 Å². The summed E-state index contributed by atoms with van der Waals surface area (Å²) in [6.45, 7) is 1.03. The fourth-order valence-corrected chi connectivity index (χ4v) is 1.37. The van der Waals surface area contributed by atoms with Crippen molar-refractivity contribution in [3.05, 3.63) is 11.6 Å². The van der Waals surface area contributed by atoms with E-state index in [9.17, 15) is 9.59 Å². The Morgan fingerprint density at radius 1 is 1.50 bits per heavy atom. The highest BCUT2D eigenvalue weighted by Crippen LogP contribution is 2.12. The highest BCUT2D eigenvalue weighted by Gasteiger charge is 2.23. The second-order valence-corrected chi connectivity index (χ2v) is 3.26. The van der Waals surface area contributed by atoms with Crippen molar-refractivity contribution in [3.8, 4) is 0 Å². The summed E-state index contributed by atoms with van der Waals surface area (Å²) in [5.74, 6) is -1.32. The van der Waals surface area contributed by atoms with Gasteiger partial charge in [-0.25, -0.2) is 0 Å². The van der Waals surface area contributed by atoms with Crippen LogP contribution in [0.5, 0.6) is 0 Å². The zero-order valence-corrected chi connectivity index (χ0v) is 10.2. The maximum absolute atomic E-state index is 10.9. The number of amides is 2. The van der Waals surface area contributed by atoms with Crippen LogP contribution in [0.4, 0.5) is 0 Å². The number of hydrogen-bond donors (Lipinski definition) is 2. The van der Waals surface area contributed by atoms with Gasteiger partial charge in [-0.05, 0) is 7.05 Å². The van der Waals surface area contributed by atoms with E-state index in [2.05, 4.69) is 0 Å². The van der Waals surface area contributed by atoms with Gasteiger partial charge in [-0.15, -0.1) is 24.0 Å². The zero-order chi connectivity index (χ0) is 10.0. The molecule has 0 radical (unpaired) electrons. The summed E-state index contributed by atoms with van der Waals surface area (Å²) >= 11 is 0. The van der Waals surface area contributed by atoms with Crippen molar-refractivity contribution in [2.75, 3.05) is 20.1 Å². The number of carbonyl (C=O) groups is 2. The maximum Gasteiger partial charge on any atom is 0.245 e. The Kier molecular flexibility index (Phi) is 5.06. The maximum atomic E-state index is 10.9. The van der Waals surface area contributed by atoms with Crippen LogP contribution in [0.3, 0.4) is 0 Å². The average molecular weight is 311 g/mol. The van der Waals surface area contributed by atoms with Crippen LogP contribution in [-0.2, 0) is 9.59 Å². The summed E-state index contributed by atoms with van der Waals surface area (Å²) in [4.78, 5) is 23.6. The molecule has 80 valence electrons. The Bertz CT molecular complexity index is 278. The first-order chi connectivity index (χ1) is 6.00. The first kappa shape index (κ1) is 13.4. The molecular formula is C8H14IN3O2. The van der Waals surface area contributed by atoms with E-state index in [1.54, 1.807) is 6.08 Å². The van der Waals surface area contributed by atoms with E-state index in [1.165, 1.54) is 0 Å². The van der Waals surface area contributed by atoms with Gasteiger partial charge in [0.15, 0.2) is 0 Å². The third kappa shape index (κ3) is 3.26. The van der Waals surface area contributed by atoms with Gasteiger partial charge in [-0.1, -0.05) is 6.08 Å². The van der Waals surface area contributed by atoms with Gasteiger partial charge in [0.05, 0.1) is 5.92 Å². The third-order valence-electron chi connectivity index (χ3n) is 2.03. The minimum Gasteiger partial charge on any atom is -0.369 e. The number of nitrogens with two attached hydrogens (primary N) is 2. The molecule has 14 heavy (non-hydrogen) atoms. The summed E-state index contributed by atoms with van der Waals surface area (Å²) < 4.78 is 0. The topological polar surface area (TPSA) is 89.4 Å². The number of halogens is 1. The molecule has 0 spiro atoms. The minimum atomic E-state index is -0.488. The lowest BCUT2D eigenvalue weighted by molar-refractivity contribution is -0.121. The molecule has 0 bridgehead atoms. The van der Waals surface area contributed by atoms with E-state index in [1.807, 2.05) is 11.9 Å². The van der Waals surface area contributed by atoms with E-state index in [4.69, 9.17) is 11.5 Å². The lowest BCUT2D eigenvalue weighted by atomic mass is 9.99.